The van der Waals surface area contributed by atoms with Crippen LogP contribution in [0, 0.1) is 0 Å². The summed E-state index contributed by atoms with van der Waals surface area (Å²) in [6.45, 7) is 1.86. The molecule has 0 aliphatic rings. The van der Waals surface area contributed by atoms with E-state index in [-0.39, 0.29) is 11.2 Å². The van der Waals surface area contributed by atoms with Gasteiger partial charge in [-0.05, 0) is 18.4 Å². The summed E-state index contributed by atoms with van der Waals surface area (Å²) < 4.78 is 1.80. The zero-order valence-corrected chi connectivity index (χ0v) is 13.2. The number of carbonyl (C=O) groups is 1. The highest BCUT2D eigenvalue weighted by atomic mass is 32.2. The molecule has 0 spiro atoms. The molecule has 1 heterocycles. The van der Waals surface area contributed by atoms with Crippen LogP contribution in [0.25, 0.3) is 10.8 Å². The van der Waals surface area contributed by atoms with E-state index in [1.165, 1.54) is 11.8 Å². The first-order valence-corrected chi connectivity index (χ1v) is 7.82. The van der Waals surface area contributed by atoms with Crippen molar-refractivity contribution in [2.24, 2.45) is 7.05 Å². The predicted molar refractivity (Wildman–Crippen MR) is 88.9 cm³/mol. The molecule has 0 saturated heterocycles. The lowest BCUT2D eigenvalue weighted by Gasteiger charge is -2.13. The fraction of sp³-hybridized carbons (Fsp3) is 0.188. The number of amides is 1. The molecule has 0 aliphatic heterocycles. The number of aryl methyl sites for hydroxylation is 1. The SMILES string of the molecule is C[C@H](Sc1nncn1C)C(=O)Nc1cccc2ccccc12. The third-order valence-corrected chi connectivity index (χ3v) is 4.52. The Morgan fingerprint density at radius 1 is 1.23 bits per heavy atom. The summed E-state index contributed by atoms with van der Waals surface area (Å²) in [4.78, 5) is 12.4. The molecule has 1 amide bonds. The van der Waals surface area contributed by atoms with Crippen molar-refractivity contribution in [2.45, 2.75) is 17.3 Å². The minimum absolute atomic E-state index is 0.0515. The van der Waals surface area contributed by atoms with Crippen molar-refractivity contribution in [1.29, 1.82) is 0 Å². The van der Waals surface area contributed by atoms with Crippen molar-refractivity contribution in [3.8, 4) is 0 Å². The number of aromatic nitrogens is 3. The number of rotatable bonds is 4. The molecule has 5 nitrogen and oxygen atoms in total. The molecule has 1 atom stereocenters. The van der Waals surface area contributed by atoms with Crippen molar-refractivity contribution in [3.63, 3.8) is 0 Å². The zero-order valence-electron chi connectivity index (χ0n) is 12.4. The third-order valence-electron chi connectivity index (χ3n) is 3.37. The van der Waals surface area contributed by atoms with Gasteiger partial charge in [0.25, 0.3) is 0 Å². The highest BCUT2D eigenvalue weighted by molar-refractivity contribution is 8.00. The fourth-order valence-electron chi connectivity index (χ4n) is 2.16. The quantitative estimate of drug-likeness (QED) is 0.752. The van der Waals surface area contributed by atoms with Crippen LogP contribution < -0.4 is 5.32 Å². The van der Waals surface area contributed by atoms with E-state index in [2.05, 4.69) is 15.5 Å². The molecular weight excluding hydrogens is 296 g/mol. The Morgan fingerprint density at radius 3 is 2.77 bits per heavy atom. The largest absolute Gasteiger partial charge is 0.325 e. The van der Waals surface area contributed by atoms with Gasteiger partial charge in [-0.25, -0.2) is 0 Å². The topological polar surface area (TPSA) is 59.8 Å². The van der Waals surface area contributed by atoms with Crippen molar-refractivity contribution in [1.82, 2.24) is 14.8 Å². The normalized spacial score (nSPS) is 12.3. The lowest BCUT2D eigenvalue weighted by atomic mass is 10.1. The first-order chi connectivity index (χ1) is 10.6. The van der Waals surface area contributed by atoms with Crippen LogP contribution in [0.5, 0.6) is 0 Å². The minimum Gasteiger partial charge on any atom is -0.325 e. The highest BCUT2D eigenvalue weighted by Gasteiger charge is 2.17. The molecule has 0 fully saturated rings. The summed E-state index contributed by atoms with van der Waals surface area (Å²) >= 11 is 1.39. The molecule has 1 aromatic heterocycles. The number of anilines is 1. The van der Waals surface area contributed by atoms with Crippen LogP contribution in [0.4, 0.5) is 5.69 Å². The Hall–Kier alpha value is -2.34. The zero-order chi connectivity index (χ0) is 15.5. The van der Waals surface area contributed by atoms with E-state index >= 15 is 0 Å². The number of nitrogens with one attached hydrogen (secondary N) is 1. The minimum atomic E-state index is -0.262. The number of hydrogen-bond acceptors (Lipinski definition) is 4. The Morgan fingerprint density at radius 2 is 2.00 bits per heavy atom. The predicted octanol–water partition coefficient (Wildman–Crippen LogP) is 3.09. The summed E-state index contributed by atoms with van der Waals surface area (Å²) in [6, 6.07) is 13.9. The van der Waals surface area contributed by atoms with Crippen molar-refractivity contribution < 1.29 is 4.79 Å². The third kappa shape index (κ3) is 2.96. The number of carbonyl (C=O) groups excluding carboxylic acids is 1. The second kappa shape index (κ2) is 6.19. The molecule has 3 rings (SSSR count). The second-order valence-electron chi connectivity index (χ2n) is 5.00. The van der Waals surface area contributed by atoms with E-state index in [1.807, 2.05) is 56.4 Å². The van der Waals surface area contributed by atoms with E-state index < -0.39 is 0 Å². The maximum absolute atomic E-state index is 12.4. The van der Waals surface area contributed by atoms with Crippen LogP contribution >= 0.6 is 11.8 Å². The van der Waals surface area contributed by atoms with Gasteiger partial charge in [-0.1, -0.05) is 48.2 Å². The fourth-order valence-corrected chi connectivity index (χ4v) is 2.95. The van der Waals surface area contributed by atoms with Crippen molar-refractivity contribution >= 4 is 34.1 Å². The van der Waals surface area contributed by atoms with Gasteiger partial charge in [-0.2, -0.15) is 0 Å². The van der Waals surface area contributed by atoms with Crippen molar-refractivity contribution in [3.05, 3.63) is 48.8 Å². The van der Waals surface area contributed by atoms with Crippen LogP contribution in [-0.4, -0.2) is 25.9 Å². The Kier molecular flexibility index (Phi) is 4.11. The summed E-state index contributed by atoms with van der Waals surface area (Å²) in [7, 11) is 1.86. The lowest BCUT2D eigenvalue weighted by Crippen LogP contribution is -2.22. The lowest BCUT2D eigenvalue weighted by molar-refractivity contribution is -0.115. The monoisotopic (exact) mass is 312 g/mol. The van der Waals surface area contributed by atoms with Gasteiger partial charge in [-0.3, -0.25) is 4.79 Å². The van der Waals surface area contributed by atoms with Crippen LogP contribution in [0.15, 0.2) is 53.9 Å². The van der Waals surface area contributed by atoms with Gasteiger partial charge in [0.2, 0.25) is 5.91 Å². The summed E-state index contributed by atoms with van der Waals surface area (Å²) in [5.74, 6) is -0.0515. The highest BCUT2D eigenvalue weighted by Crippen LogP contribution is 2.25. The standard InChI is InChI=1S/C16H16N4OS/c1-11(22-16-19-17-10-20(16)2)15(21)18-14-9-5-7-12-6-3-4-8-13(12)14/h3-11H,1-2H3,(H,18,21)/t11-/m0/s1. The molecule has 0 radical (unpaired) electrons. The van der Waals surface area contributed by atoms with E-state index in [9.17, 15) is 4.79 Å². The van der Waals surface area contributed by atoms with Crippen LogP contribution in [0.2, 0.25) is 0 Å². The van der Waals surface area contributed by atoms with Gasteiger partial charge in [0.05, 0.1) is 5.25 Å². The molecule has 3 aromatic rings. The maximum Gasteiger partial charge on any atom is 0.237 e. The molecule has 6 heteroatoms. The molecular formula is C16H16N4OS. The molecule has 1 N–H and O–H groups in total. The van der Waals surface area contributed by atoms with Gasteiger partial charge in [0.15, 0.2) is 5.16 Å². The number of thioether (sulfide) groups is 1. The van der Waals surface area contributed by atoms with Crippen LogP contribution in [-0.2, 0) is 11.8 Å². The number of hydrogen-bond donors (Lipinski definition) is 1. The van der Waals surface area contributed by atoms with Gasteiger partial charge in [-0.15, -0.1) is 10.2 Å². The smallest absolute Gasteiger partial charge is 0.237 e. The molecule has 112 valence electrons. The Balaban J connectivity index is 1.77. The van der Waals surface area contributed by atoms with E-state index in [1.54, 1.807) is 10.9 Å². The van der Waals surface area contributed by atoms with Gasteiger partial charge in [0, 0.05) is 18.1 Å². The van der Waals surface area contributed by atoms with E-state index in [4.69, 9.17) is 0 Å². The molecule has 2 aromatic carbocycles. The first-order valence-electron chi connectivity index (χ1n) is 6.94. The number of fused-ring (bicyclic) bond motifs is 1. The summed E-state index contributed by atoms with van der Waals surface area (Å²) in [6.07, 6.45) is 1.62. The van der Waals surface area contributed by atoms with E-state index in [0.29, 0.717) is 0 Å². The van der Waals surface area contributed by atoms with Crippen molar-refractivity contribution in [2.75, 3.05) is 5.32 Å². The van der Waals surface area contributed by atoms with Gasteiger partial charge in [0.1, 0.15) is 6.33 Å². The van der Waals surface area contributed by atoms with E-state index in [0.717, 1.165) is 21.6 Å². The van der Waals surface area contributed by atoms with Gasteiger partial charge >= 0.3 is 0 Å². The first kappa shape index (κ1) is 14.6. The molecule has 22 heavy (non-hydrogen) atoms. The van der Waals surface area contributed by atoms with Gasteiger partial charge < -0.3 is 9.88 Å². The molecule has 0 aliphatic carbocycles. The Bertz CT molecular complexity index is 809. The van der Waals surface area contributed by atoms with Crippen LogP contribution in [0.3, 0.4) is 0 Å². The molecule has 0 unspecified atom stereocenters. The number of nitrogens with zero attached hydrogens (tertiary/aromatic N) is 3. The summed E-state index contributed by atoms with van der Waals surface area (Å²) in [5, 5.41) is 13.4. The average Bonchev–Trinajstić information content (AvgIpc) is 2.93. The maximum atomic E-state index is 12.4. The summed E-state index contributed by atoms with van der Waals surface area (Å²) in [5.41, 5.74) is 0.827. The molecule has 0 bridgehead atoms. The average molecular weight is 312 g/mol. The molecule has 0 saturated carbocycles. The Labute approximate surface area is 132 Å². The van der Waals surface area contributed by atoms with Crippen LogP contribution in [0.1, 0.15) is 6.92 Å². The number of benzene rings is 2. The second-order valence-corrected chi connectivity index (χ2v) is 6.31.